The number of allylic oxidation sites excluding steroid dienone is 9. The third kappa shape index (κ3) is 12.6. The molecule has 13 N–H and O–H groups in total. The third-order valence-corrected chi connectivity index (χ3v) is 23.8. The maximum Gasteiger partial charge on any atom is 0.346 e. The van der Waals surface area contributed by atoms with Gasteiger partial charge in [0.05, 0.1) is 54.7 Å². The zero-order valence-corrected chi connectivity index (χ0v) is 60.9. The van der Waals surface area contributed by atoms with E-state index in [1.165, 1.54) is 108 Å². The molecule has 11 rings (SSSR count). The molecule has 11 aliphatic rings. The molecule has 0 saturated carbocycles. The fourth-order valence-corrected chi connectivity index (χ4v) is 16.9. The molecular weight excluding hydrogens is 1420 g/mol. The second-order valence-electron chi connectivity index (χ2n) is 30.9. The Balaban J connectivity index is 1.07. The number of aldehydes is 1. The highest BCUT2D eigenvalue weighted by molar-refractivity contribution is 6.29. The summed E-state index contributed by atoms with van der Waals surface area (Å²) in [5.41, 5.74) is -19.5. The lowest BCUT2D eigenvalue weighted by atomic mass is 9.60. The molecule has 6 heterocycles. The van der Waals surface area contributed by atoms with Crippen LogP contribution in [0.1, 0.15) is 94.9 Å². The topological polar surface area (TPSA) is 490 Å². The maximum absolute atomic E-state index is 15.5. The Morgan fingerprint density at radius 3 is 1.10 bits per heavy atom. The van der Waals surface area contributed by atoms with E-state index in [1.54, 1.807) is 27.7 Å². The van der Waals surface area contributed by atoms with Crippen LogP contribution >= 0.6 is 0 Å². The van der Waals surface area contributed by atoms with Crippen LogP contribution in [-0.4, -0.2) is 237 Å². The van der Waals surface area contributed by atoms with Crippen molar-refractivity contribution in [2.45, 2.75) is 179 Å². The summed E-state index contributed by atoms with van der Waals surface area (Å²) in [4.78, 5) is 132. The van der Waals surface area contributed by atoms with Gasteiger partial charge in [0.1, 0.15) is 100 Å². The van der Waals surface area contributed by atoms with Gasteiger partial charge in [0, 0.05) is 25.7 Å². The van der Waals surface area contributed by atoms with E-state index in [0.717, 1.165) is 18.2 Å². The van der Waals surface area contributed by atoms with E-state index in [2.05, 4.69) is 0 Å². The second-order valence-corrected chi connectivity index (χ2v) is 30.9. The summed E-state index contributed by atoms with van der Waals surface area (Å²) >= 11 is 0. The first-order valence-electron chi connectivity index (χ1n) is 35.3. The summed E-state index contributed by atoms with van der Waals surface area (Å²) in [6.07, 6.45) is -0.316. The van der Waals surface area contributed by atoms with Gasteiger partial charge in [-0.2, -0.15) is 0 Å². The lowest BCUT2D eigenvalue weighted by Crippen LogP contribution is -2.59. The summed E-state index contributed by atoms with van der Waals surface area (Å²) in [7, 11) is 0. The normalized spacial score (nSPS) is 45.3. The molecule has 582 valence electrons. The van der Waals surface area contributed by atoms with E-state index in [1.807, 2.05) is 0 Å². The fraction of sp³-hybridized carbons (Fsp3) is 0.526. The first-order chi connectivity index (χ1) is 50.6. The number of hydrogen-bond acceptors (Lipinski definition) is 30. The highest BCUT2D eigenvalue weighted by atomic mass is 16.7. The molecule has 30 heteroatoms. The molecule has 5 aliphatic carbocycles. The second kappa shape index (κ2) is 28.9. The van der Waals surface area contributed by atoms with E-state index in [9.17, 15) is 90.4 Å². The largest absolute Gasteiger partial charge is 0.507 e. The van der Waals surface area contributed by atoms with Crippen molar-refractivity contribution in [3.8, 4) is 0 Å². The summed E-state index contributed by atoms with van der Waals surface area (Å²) in [6, 6.07) is 0. The van der Waals surface area contributed by atoms with Gasteiger partial charge >= 0.3 is 23.9 Å². The Kier molecular flexibility index (Phi) is 21.5. The van der Waals surface area contributed by atoms with Crippen molar-refractivity contribution in [2.75, 3.05) is 33.0 Å². The van der Waals surface area contributed by atoms with Crippen LogP contribution in [0.3, 0.4) is 0 Å². The van der Waals surface area contributed by atoms with Gasteiger partial charge in [-0.1, -0.05) is 101 Å². The molecule has 8 bridgehead atoms. The predicted octanol–water partition coefficient (Wildman–Crippen LogP) is 2.54. The summed E-state index contributed by atoms with van der Waals surface area (Å²) in [6.45, 7) is 11.7. The molecule has 6 aliphatic heterocycles. The highest BCUT2D eigenvalue weighted by Crippen LogP contribution is 2.59. The number of carbonyl (C=O) groups is 9. The maximum atomic E-state index is 15.5. The van der Waals surface area contributed by atoms with E-state index in [0.29, 0.717) is 23.0 Å². The average Bonchev–Trinajstić information content (AvgIpc) is 1.55. The fourth-order valence-electron chi connectivity index (χ4n) is 16.9. The first-order valence-corrected chi connectivity index (χ1v) is 35.3. The Labute approximate surface area is 619 Å². The molecule has 22 atom stereocenters. The molecule has 0 amide bonds. The van der Waals surface area contributed by atoms with Crippen molar-refractivity contribution < 1.29 is 147 Å². The number of Topliss-reactive ketones (excluding diaryl/α,β-unsaturated/α-hetero) is 4. The zero-order chi connectivity index (χ0) is 79.4. The Morgan fingerprint density at radius 1 is 0.435 bits per heavy atom. The number of esters is 4. The van der Waals surface area contributed by atoms with Gasteiger partial charge < -0.3 is 104 Å². The lowest BCUT2D eigenvalue weighted by molar-refractivity contribution is -0.299. The monoisotopic (exact) mass is 1510 g/mol. The van der Waals surface area contributed by atoms with Crippen LogP contribution in [0.4, 0.5) is 0 Å². The molecule has 12 unspecified atom stereocenters. The predicted molar refractivity (Wildman–Crippen MR) is 370 cm³/mol. The van der Waals surface area contributed by atoms with Crippen LogP contribution in [0.25, 0.3) is 0 Å². The molecule has 108 heavy (non-hydrogen) atoms. The minimum atomic E-state index is -2.33. The molecule has 6 fully saturated rings. The molecule has 0 aromatic carbocycles. The molecule has 0 aromatic rings. The average molecular weight is 1510 g/mol. The van der Waals surface area contributed by atoms with Crippen LogP contribution in [0.2, 0.25) is 0 Å². The zero-order valence-electron chi connectivity index (χ0n) is 60.9. The Hall–Kier alpha value is -8.73. The van der Waals surface area contributed by atoms with Crippen molar-refractivity contribution >= 4 is 53.3 Å². The highest BCUT2D eigenvalue weighted by Gasteiger charge is 2.69. The van der Waals surface area contributed by atoms with Gasteiger partial charge in [-0.3, -0.25) is 24.0 Å². The van der Waals surface area contributed by atoms with Crippen LogP contribution in [-0.2, 0) is 81.0 Å². The smallest absolute Gasteiger partial charge is 0.346 e. The van der Waals surface area contributed by atoms with Crippen molar-refractivity contribution in [1.82, 2.24) is 0 Å². The number of rotatable bonds is 10. The summed E-state index contributed by atoms with van der Waals surface area (Å²) in [5, 5.41) is 143. The van der Waals surface area contributed by atoms with Crippen molar-refractivity contribution in [3.63, 3.8) is 0 Å². The van der Waals surface area contributed by atoms with Crippen LogP contribution in [0.15, 0.2) is 164 Å². The van der Waals surface area contributed by atoms with Crippen LogP contribution in [0, 0.1) is 45.3 Å². The molecule has 30 nitrogen and oxygen atoms in total. The molecule has 0 aromatic heterocycles. The van der Waals surface area contributed by atoms with Crippen LogP contribution < -0.4 is 0 Å². The van der Waals surface area contributed by atoms with Crippen molar-refractivity contribution in [3.05, 3.63) is 164 Å². The van der Waals surface area contributed by atoms with E-state index >= 15 is 19.2 Å². The molecular formula is C78H90O30. The number of hydrogen-bond donors (Lipinski definition) is 13. The molecule has 6 saturated heterocycles. The lowest BCUT2D eigenvalue weighted by Gasteiger charge is -2.46. The number of carbonyl (C=O) groups excluding carboxylic acids is 9. The summed E-state index contributed by atoms with van der Waals surface area (Å²) in [5.74, 6) is -16.7. The third-order valence-electron chi connectivity index (χ3n) is 23.8. The first kappa shape index (κ1) is 80.3. The van der Waals surface area contributed by atoms with Crippen LogP contribution in [0.5, 0.6) is 0 Å². The van der Waals surface area contributed by atoms with E-state index < -0.39 is 261 Å². The SMILES string of the molecule is CC1=C\C=C\C2(C)C=C(CO[C@H]3O[C@H](CO)[C@H](O)[C@H](O)[C@H]3O)C(C)CC23OC(=O)/C(=C(O)/C=C/C2(C)C=C(CO)C(C)CC24OC(=O)\C(=C(O)/C(C)=C/C=C/C2(C)C=C(CO[C@H]5O[C@H](CO)[C@H](O)[C@H](O)[C@H]5O)C(C)CC25OC(=O)C(=C(O)/C=C/C2(C)C=C(C=O)C(C)CC26OC(=O)\C(=C\1O)C6=O)C5=O)C4=O)C3=O. The van der Waals surface area contributed by atoms with Gasteiger partial charge in [0.2, 0.25) is 23.1 Å². The molecule has 4 spiro atoms. The van der Waals surface area contributed by atoms with Crippen molar-refractivity contribution in [1.29, 1.82) is 0 Å². The number of aliphatic hydroxyl groups excluding tert-OH is 13. The van der Waals surface area contributed by atoms with Gasteiger partial charge in [-0.25, -0.2) is 19.2 Å². The summed E-state index contributed by atoms with van der Waals surface area (Å²) < 4.78 is 47.5. The number of fused-ring (bicyclic) bond motifs is 4. The minimum Gasteiger partial charge on any atom is -0.507 e. The van der Waals surface area contributed by atoms with Gasteiger partial charge in [-0.05, 0) is 111 Å². The minimum absolute atomic E-state index is 0.0906. The van der Waals surface area contributed by atoms with Gasteiger partial charge in [0.15, 0.2) is 35.0 Å². The number of ether oxygens (including phenoxy) is 8. The Morgan fingerprint density at radius 2 is 0.750 bits per heavy atom. The quantitative estimate of drug-likeness (QED) is 0.0491. The van der Waals surface area contributed by atoms with E-state index in [-0.39, 0.29) is 36.0 Å². The Bertz CT molecular complexity index is 4330. The number of aliphatic hydroxyl groups is 13. The van der Waals surface area contributed by atoms with Gasteiger partial charge in [-0.15, -0.1) is 0 Å². The van der Waals surface area contributed by atoms with Gasteiger partial charge in [0.25, 0.3) is 0 Å². The molecule has 0 radical (unpaired) electrons. The standard InChI is InChI=1S/C78H90O30/c1-35-13-11-17-71(7)27-43(33-101-69-59(91)57(89)55(87)47(31-81)103-69)39(5)23-75(71)61(93)49(65(97)105-75)46(84)16-20-74(10)26-42(30-80)38(4)22-78(74)64(96)52(68(100)108-78)54(86)36(2)14-12-18-72(8)28-44(34-102-70-60(92)58(90)56(88)48(32-82)104-70)40(6)24-76(72)62(94)50(66(98)106-76)45(83)15-19-73(9)25-41(29-79)37(3)21-77(73)63(95)51(53(35)85)67(99)107-77/h11-20,25-29,37-40,47-48,55-60,69-70,80-92H,21-24,30-34H2,1-10H3/b17-11+,18-12+,19-15+,20-16+,35-13+,36-14+,49-46-,50-45?,53-51-,54-52+/t37?,38?,39?,40?,47-,48-,55+,56+,57+,58+,59-,60-,69+,70+,71?,72?,73?,74?,75?,76?,77?,78?/m1/s1. The number of ketones is 4. The van der Waals surface area contributed by atoms with Crippen molar-refractivity contribution in [2.24, 2.45) is 45.3 Å². The van der Waals surface area contributed by atoms with E-state index in [4.69, 9.17) is 37.9 Å².